The molecule has 0 radical (unpaired) electrons. The third-order valence-electron chi connectivity index (χ3n) is 3.09. The molecule has 0 fully saturated rings. The maximum absolute atomic E-state index is 9.54. The highest BCUT2D eigenvalue weighted by Gasteiger charge is 2.03. The van der Waals surface area contributed by atoms with Crippen LogP contribution in [0.2, 0.25) is 0 Å². The first-order chi connectivity index (χ1) is 8.74. The average Bonchev–Trinajstić information content (AvgIpc) is 2.41. The molecule has 0 aliphatic heterocycles. The molecule has 0 saturated heterocycles. The molecule has 0 unspecified atom stereocenters. The van der Waals surface area contributed by atoms with E-state index in [-0.39, 0.29) is 0 Å². The zero-order chi connectivity index (χ0) is 12.5. The Balaban J connectivity index is 2.16. The molecule has 0 saturated carbocycles. The quantitative estimate of drug-likeness (QED) is 0.693. The Morgan fingerprint density at radius 2 is 1.78 bits per heavy atom. The van der Waals surface area contributed by atoms with E-state index in [1.54, 1.807) is 6.07 Å². The Bertz CT molecular complexity index is 719. The molecular weight excluding hydrogens is 222 g/mol. The Morgan fingerprint density at radius 3 is 2.61 bits per heavy atom. The fourth-order valence-corrected chi connectivity index (χ4v) is 2.04. The van der Waals surface area contributed by atoms with Crippen molar-refractivity contribution in [3.05, 3.63) is 60.2 Å². The van der Waals surface area contributed by atoms with Gasteiger partial charge in [-0.1, -0.05) is 24.3 Å². The molecule has 0 spiro atoms. The molecule has 88 valence electrons. The van der Waals surface area contributed by atoms with E-state index >= 15 is 0 Å². The summed E-state index contributed by atoms with van der Waals surface area (Å²) in [6, 6.07) is 17.7. The summed E-state index contributed by atoms with van der Waals surface area (Å²) in [6.45, 7) is 1.89. The lowest BCUT2D eigenvalue weighted by Crippen LogP contribution is -1.86. The third kappa shape index (κ3) is 1.82. The molecule has 0 atom stereocenters. The van der Waals surface area contributed by atoms with Crippen molar-refractivity contribution in [3.8, 4) is 17.0 Å². The first-order valence-electron chi connectivity index (χ1n) is 5.90. The standard InChI is InChI=1S/C16H13NO/c1-11-10-13(7-9-16(11)18)15-8-6-12-4-2-3-5-14(12)17-15/h2-10,18H,1H3. The van der Waals surface area contributed by atoms with Gasteiger partial charge in [-0.05, 0) is 42.8 Å². The van der Waals surface area contributed by atoms with Crippen molar-refractivity contribution in [3.63, 3.8) is 0 Å². The number of pyridine rings is 1. The van der Waals surface area contributed by atoms with E-state index < -0.39 is 0 Å². The zero-order valence-electron chi connectivity index (χ0n) is 10.1. The largest absolute Gasteiger partial charge is 0.508 e. The molecule has 18 heavy (non-hydrogen) atoms. The van der Waals surface area contributed by atoms with Crippen LogP contribution in [0.5, 0.6) is 5.75 Å². The number of hydrogen-bond acceptors (Lipinski definition) is 2. The predicted molar refractivity (Wildman–Crippen MR) is 73.6 cm³/mol. The van der Waals surface area contributed by atoms with Crippen LogP contribution in [0.4, 0.5) is 0 Å². The molecule has 0 bridgehead atoms. The number of nitrogens with zero attached hydrogens (tertiary/aromatic N) is 1. The lowest BCUT2D eigenvalue weighted by molar-refractivity contribution is 0.471. The van der Waals surface area contributed by atoms with Crippen LogP contribution in [0.25, 0.3) is 22.2 Å². The van der Waals surface area contributed by atoms with Gasteiger partial charge in [0.25, 0.3) is 0 Å². The molecule has 2 heteroatoms. The lowest BCUT2D eigenvalue weighted by Gasteiger charge is -2.05. The number of fused-ring (bicyclic) bond motifs is 1. The minimum absolute atomic E-state index is 0.319. The van der Waals surface area contributed by atoms with Gasteiger partial charge in [-0.2, -0.15) is 0 Å². The minimum Gasteiger partial charge on any atom is -0.508 e. The summed E-state index contributed by atoms with van der Waals surface area (Å²) < 4.78 is 0. The molecule has 0 aliphatic rings. The van der Waals surface area contributed by atoms with Crippen molar-refractivity contribution in [1.82, 2.24) is 4.98 Å². The SMILES string of the molecule is Cc1cc(-c2ccc3ccccc3n2)ccc1O. The number of aromatic hydroxyl groups is 1. The molecule has 2 nitrogen and oxygen atoms in total. The monoisotopic (exact) mass is 235 g/mol. The molecule has 0 aliphatic carbocycles. The van der Waals surface area contributed by atoms with Crippen LogP contribution in [0.15, 0.2) is 54.6 Å². The average molecular weight is 235 g/mol. The van der Waals surface area contributed by atoms with Gasteiger partial charge < -0.3 is 5.11 Å². The Labute approximate surface area is 106 Å². The Kier molecular flexibility index (Phi) is 2.49. The molecule has 2 aromatic carbocycles. The highest BCUT2D eigenvalue weighted by molar-refractivity contribution is 5.81. The summed E-state index contributed by atoms with van der Waals surface area (Å²) in [6.07, 6.45) is 0. The van der Waals surface area contributed by atoms with E-state index in [1.165, 1.54) is 0 Å². The van der Waals surface area contributed by atoms with Crippen LogP contribution >= 0.6 is 0 Å². The fourth-order valence-electron chi connectivity index (χ4n) is 2.04. The number of phenolic OH excluding ortho intramolecular Hbond substituents is 1. The van der Waals surface area contributed by atoms with E-state index in [2.05, 4.69) is 11.1 Å². The van der Waals surface area contributed by atoms with Crippen LogP contribution in [0.3, 0.4) is 0 Å². The molecule has 1 aromatic heterocycles. The second-order valence-corrected chi connectivity index (χ2v) is 4.39. The van der Waals surface area contributed by atoms with Gasteiger partial charge in [0.15, 0.2) is 0 Å². The highest BCUT2D eigenvalue weighted by atomic mass is 16.3. The lowest BCUT2D eigenvalue weighted by atomic mass is 10.1. The number of aryl methyl sites for hydroxylation is 1. The first kappa shape index (κ1) is 10.8. The second kappa shape index (κ2) is 4.15. The van der Waals surface area contributed by atoms with Gasteiger partial charge in [0.1, 0.15) is 5.75 Å². The van der Waals surface area contributed by atoms with Crippen molar-refractivity contribution in [2.75, 3.05) is 0 Å². The van der Waals surface area contributed by atoms with Crippen molar-refractivity contribution < 1.29 is 5.11 Å². The molecule has 1 N–H and O–H groups in total. The highest BCUT2D eigenvalue weighted by Crippen LogP contribution is 2.25. The van der Waals surface area contributed by atoms with E-state index in [0.717, 1.165) is 27.7 Å². The van der Waals surface area contributed by atoms with Gasteiger partial charge in [0.2, 0.25) is 0 Å². The zero-order valence-corrected chi connectivity index (χ0v) is 10.1. The predicted octanol–water partition coefficient (Wildman–Crippen LogP) is 3.92. The number of rotatable bonds is 1. The van der Waals surface area contributed by atoms with E-state index in [1.807, 2.05) is 49.4 Å². The third-order valence-corrected chi connectivity index (χ3v) is 3.09. The van der Waals surface area contributed by atoms with Crippen LogP contribution in [0.1, 0.15) is 5.56 Å². The number of phenols is 1. The fraction of sp³-hybridized carbons (Fsp3) is 0.0625. The Hall–Kier alpha value is -2.35. The smallest absolute Gasteiger partial charge is 0.118 e. The first-order valence-corrected chi connectivity index (χ1v) is 5.90. The van der Waals surface area contributed by atoms with Gasteiger partial charge in [-0.3, -0.25) is 0 Å². The molecule has 1 heterocycles. The van der Waals surface area contributed by atoms with E-state index in [9.17, 15) is 5.11 Å². The number of para-hydroxylation sites is 1. The summed E-state index contributed by atoms with van der Waals surface area (Å²) in [5.41, 5.74) is 3.80. The summed E-state index contributed by atoms with van der Waals surface area (Å²) >= 11 is 0. The van der Waals surface area contributed by atoms with E-state index in [4.69, 9.17) is 0 Å². The summed E-state index contributed by atoms with van der Waals surface area (Å²) in [7, 11) is 0. The van der Waals surface area contributed by atoms with Gasteiger partial charge in [-0.15, -0.1) is 0 Å². The number of aromatic nitrogens is 1. The maximum atomic E-state index is 9.54. The maximum Gasteiger partial charge on any atom is 0.118 e. The molecule has 3 rings (SSSR count). The summed E-state index contributed by atoms with van der Waals surface area (Å²) in [4.78, 5) is 4.63. The minimum atomic E-state index is 0.319. The van der Waals surface area contributed by atoms with Crippen molar-refractivity contribution in [2.24, 2.45) is 0 Å². The second-order valence-electron chi connectivity index (χ2n) is 4.39. The van der Waals surface area contributed by atoms with Crippen LogP contribution in [-0.2, 0) is 0 Å². The number of benzene rings is 2. The van der Waals surface area contributed by atoms with Crippen LogP contribution in [-0.4, -0.2) is 10.1 Å². The van der Waals surface area contributed by atoms with Crippen LogP contribution in [0, 0.1) is 6.92 Å². The molecule has 0 amide bonds. The van der Waals surface area contributed by atoms with Gasteiger partial charge >= 0.3 is 0 Å². The number of hydrogen-bond donors (Lipinski definition) is 1. The van der Waals surface area contributed by atoms with Gasteiger partial charge in [0.05, 0.1) is 11.2 Å². The van der Waals surface area contributed by atoms with Gasteiger partial charge in [0, 0.05) is 10.9 Å². The topological polar surface area (TPSA) is 33.1 Å². The van der Waals surface area contributed by atoms with Gasteiger partial charge in [-0.25, -0.2) is 4.98 Å². The van der Waals surface area contributed by atoms with Crippen molar-refractivity contribution >= 4 is 10.9 Å². The van der Waals surface area contributed by atoms with Crippen molar-refractivity contribution in [1.29, 1.82) is 0 Å². The summed E-state index contributed by atoms with van der Waals surface area (Å²) in [5.74, 6) is 0.319. The Morgan fingerprint density at radius 1 is 0.944 bits per heavy atom. The van der Waals surface area contributed by atoms with Crippen LogP contribution < -0.4 is 0 Å². The van der Waals surface area contributed by atoms with Crippen molar-refractivity contribution in [2.45, 2.75) is 6.92 Å². The molecular formula is C16H13NO. The normalized spacial score (nSPS) is 10.7. The van der Waals surface area contributed by atoms with E-state index in [0.29, 0.717) is 5.75 Å². The molecule has 3 aromatic rings. The summed E-state index contributed by atoms with van der Waals surface area (Å²) in [5, 5.41) is 10.7.